The van der Waals surface area contributed by atoms with Gasteiger partial charge in [-0.2, -0.15) is 0 Å². The summed E-state index contributed by atoms with van der Waals surface area (Å²) < 4.78 is 3.32. The molecule has 0 radical (unpaired) electrons. The van der Waals surface area contributed by atoms with Gasteiger partial charge in [-0.15, -0.1) is 11.3 Å². The highest BCUT2D eigenvalue weighted by Crippen LogP contribution is 2.39. The lowest BCUT2D eigenvalue weighted by Crippen LogP contribution is -2.30. The van der Waals surface area contributed by atoms with Gasteiger partial charge in [0.05, 0.1) is 21.9 Å². The van der Waals surface area contributed by atoms with E-state index in [9.17, 15) is 9.90 Å². The Balaban J connectivity index is 1.68. The number of carboxylic acid groups (broad SMARTS) is 1. The standard InChI is InChI=1S/C18H22N4O3S/c1-10(23)17-21-14-9-19-13-6-7-26-16(13)15(14)22(17)12-4-2-11(3-5-12)8-20-18(24)25/h6-7,9-12,20,23H,2-5,8H2,1H3,(H,24,25)/t10-,11?,12?/m1/s1. The van der Waals surface area contributed by atoms with Gasteiger partial charge in [-0.05, 0) is 50.0 Å². The fraction of sp³-hybridized carbons (Fsp3) is 0.500. The molecule has 1 aliphatic rings. The summed E-state index contributed by atoms with van der Waals surface area (Å²) >= 11 is 1.65. The summed E-state index contributed by atoms with van der Waals surface area (Å²) in [4.78, 5) is 19.8. The van der Waals surface area contributed by atoms with Gasteiger partial charge in [0.1, 0.15) is 17.4 Å². The number of nitrogens with zero attached hydrogens (tertiary/aromatic N) is 3. The van der Waals surface area contributed by atoms with Gasteiger partial charge in [-0.25, -0.2) is 9.78 Å². The van der Waals surface area contributed by atoms with E-state index in [0.29, 0.717) is 18.3 Å². The second kappa shape index (κ2) is 6.85. The number of aromatic nitrogens is 3. The molecule has 4 rings (SSSR count). The predicted molar refractivity (Wildman–Crippen MR) is 101 cm³/mol. The Labute approximate surface area is 154 Å². The summed E-state index contributed by atoms with van der Waals surface area (Å²) in [7, 11) is 0. The fourth-order valence-corrected chi connectivity index (χ4v) is 4.89. The van der Waals surface area contributed by atoms with Crippen molar-refractivity contribution in [2.75, 3.05) is 6.54 Å². The number of hydrogen-bond donors (Lipinski definition) is 3. The summed E-state index contributed by atoms with van der Waals surface area (Å²) in [6.07, 6.45) is 4.00. The lowest BCUT2D eigenvalue weighted by molar-refractivity contribution is 0.172. The third-order valence-corrected chi connectivity index (χ3v) is 6.16. The fourth-order valence-electron chi connectivity index (χ4n) is 4.00. The van der Waals surface area contributed by atoms with Gasteiger partial charge >= 0.3 is 6.09 Å². The molecule has 0 bridgehead atoms. The average Bonchev–Trinajstić information content (AvgIpc) is 3.24. The summed E-state index contributed by atoms with van der Waals surface area (Å²) in [5.74, 6) is 1.06. The molecule has 3 heterocycles. The monoisotopic (exact) mass is 374 g/mol. The SMILES string of the molecule is C[C@@H](O)c1nc2cnc3ccsc3c2n1C1CCC(CNC(=O)O)CC1. The van der Waals surface area contributed by atoms with Crippen LogP contribution in [0.4, 0.5) is 4.79 Å². The van der Waals surface area contributed by atoms with Crippen LogP contribution in [0.25, 0.3) is 21.3 Å². The number of pyridine rings is 1. The smallest absolute Gasteiger partial charge is 0.404 e. The second-order valence-corrected chi connectivity index (χ2v) is 7.92. The molecule has 3 aromatic heterocycles. The Kier molecular flexibility index (Phi) is 4.54. The van der Waals surface area contributed by atoms with E-state index in [0.717, 1.165) is 46.9 Å². The number of aliphatic hydroxyl groups excluding tert-OH is 1. The van der Waals surface area contributed by atoms with E-state index in [1.165, 1.54) is 0 Å². The molecule has 8 heteroatoms. The first kappa shape index (κ1) is 17.2. The van der Waals surface area contributed by atoms with Crippen LogP contribution >= 0.6 is 11.3 Å². The molecule has 1 amide bonds. The number of thiophene rings is 1. The molecule has 0 aliphatic heterocycles. The van der Waals surface area contributed by atoms with Gasteiger partial charge in [-0.1, -0.05) is 0 Å². The zero-order valence-corrected chi connectivity index (χ0v) is 15.4. The predicted octanol–water partition coefficient (Wildman–Crippen LogP) is 3.70. The number of fused-ring (bicyclic) bond motifs is 3. The zero-order chi connectivity index (χ0) is 18.3. The van der Waals surface area contributed by atoms with Crippen molar-refractivity contribution >= 4 is 38.7 Å². The van der Waals surface area contributed by atoms with Gasteiger partial charge in [-0.3, -0.25) is 4.98 Å². The van der Waals surface area contributed by atoms with Crippen molar-refractivity contribution in [2.24, 2.45) is 5.92 Å². The molecule has 26 heavy (non-hydrogen) atoms. The summed E-state index contributed by atoms with van der Waals surface area (Å²) in [5, 5.41) is 23.6. The van der Waals surface area contributed by atoms with Crippen molar-refractivity contribution in [3.63, 3.8) is 0 Å². The van der Waals surface area contributed by atoms with Gasteiger partial charge in [0.25, 0.3) is 0 Å². The van der Waals surface area contributed by atoms with Crippen molar-refractivity contribution < 1.29 is 15.0 Å². The van der Waals surface area contributed by atoms with E-state index >= 15 is 0 Å². The zero-order valence-electron chi connectivity index (χ0n) is 14.6. The normalized spacial score (nSPS) is 21.9. The second-order valence-electron chi connectivity index (χ2n) is 7.00. The number of imidazole rings is 1. The molecule has 138 valence electrons. The maximum atomic E-state index is 10.7. The molecule has 1 aliphatic carbocycles. The number of rotatable bonds is 4. The van der Waals surface area contributed by atoms with Crippen LogP contribution < -0.4 is 5.32 Å². The molecule has 0 unspecified atom stereocenters. The van der Waals surface area contributed by atoms with Crippen LogP contribution in [0.15, 0.2) is 17.6 Å². The summed E-state index contributed by atoms with van der Waals surface area (Å²) in [5.41, 5.74) is 2.85. The molecule has 1 saturated carbocycles. The first-order valence-corrected chi connectivity index (χ1v) is 9.81. The Morgan fingerprint density at radius 2 is 2.15 bits per heavy atom. The van der Waals surface area contributed by atoms with Crippen molar-refractivity contribution in [3.8, 4) is 0 Å². The molecule has 3 aromatic rings. The van der Waals surface area contributed by atoms with Gasteiger partial charge in [0.2, 0.25) is 0 Å². The lowest BCUT2D eigenvalue weighted by Gasteiger charge is -2.31. The highest BCUT2D eigenvalue weighted by molar-refractivity contribution is 7.18. The minimum Gasteiger partial charge on any atom is -0.465 e. The van der Waals surface area contributed by atoms with Gasteiger partial charge in [0.15, 0.2) is 0 Å². The molecule has 7 nitrogen and oxygen atoms in total. The first-order chi connectivity index (χ1) is 12.5. The Morgan fingerprint density at radius 3 is 2.85 bits per heavy atom. The van der Waals surface area contributed by atoms with Gasteiger partial charge in [0, 0.05) is 12.6 Å². The Hall–Kier alpha value is -2.19. The van der Waals surface area contributed by atoms with Crippen LogP contribution in [0.1, 0.15) is 50.6 Å². The Bertz CT molecular complexity index is 941. The number of hydrogen-bond acceptors (Lipinski definition) is 5. The van der Waals surface area contributed by atoms with Crippen LogP contribution in [0.5, 0.6) is 0 Å². The van der Waals surface area contributed by atoms with E-state index in [1.807, 2.05) is 11.4 Å². The van der Waals surface area contributed by atoms with Crippen LogP contribution in [0.3, 0.4) is 0 Å². The molecule has 1 atom stereocenters. The third kappa shape index (κ3) is 3.03. The molecule has 1 fully saturated rings. The average molecular weight is 374 g/mol. The Morgan fingerprint density at radius 1 is 1.38 bits per heavy atom. The van der Waals surface area contributed by atoms with Crippen molar-refractivity contribution in [3.05, 3.63) is 23.5 Å². The highest BCUT2D eigenvalue weighted by Gasteiger charge is 2.28. The van der Waals surface area contributed by atoms with Crippen molar-refractivity contribution in [1.82, 2.24) is 19.9 Å². The largest absolute Gasteiger partial charge is 0.465 e. The molecule has 0 spiro atoms. The van der Waals surface area contributed by atoms with E-state index in [4.69, 9.17) is 5.11 Å². The van der Waals surface area contributed by atoms with Crippen LogP contribution in [-0.2, 0) is 0 Å². The van der Waals surface area contributed by atoms with E-state index in [2.05, 4.69) is 19.9 Å². The van der Waals surface area contributed by atoms with Crippen molar-refractivity contribution in [2.45, 2.75) is 44.8 Å². The minimum absolute atomic E-state index is 0.262. The van der Waals surface area contributed by atoms with E-state index in [-0.39, 0.29) is 6.04 Å². The summed E-state index contributed by atoms with van der Waals surface area (Å²) in [6.45, 7) is 2.26. The minimum atomic E-state index is -0.961. The van der Waals surface area contributed by atoms with Crippen LogP contribution in [-0.4, -0.2) is 37.4 Å². The van der Waals surface area contributed by atoms with Crippen molar-refractivity contribution in [1.29, 1.82) is 0 Å². The quantitative estimate of drug-likeness (QED) is 0.646. The molecular weight excluding hydrogens is 352 g/mol. The summed E-state index contributed by atoms with van der Waals surface area (Å²) in [6, 6.07) is 2.27. The third-order valence-electron chi connectivity index (χ3n) is 5.25. The number of carbonyl (C=O) groups is 1. The molecule has 0 saturated heterocycles. The molecule has 0 aromatic carbocycles. The topological polar surface area (TPSA) is 100 Å². The number of aliphatic hydroxyl groups is 1. The van der Waals surface area contributed by atoms with E-state index in [1.54, 1.807) is 24.5 Å². The molecular formula is C18H22N4O3S. The van der Waals surface area contributed by atoms with Crippen LogP contribution in [0.2, 0.25) is 0 Å². The maximum absolute atomic E-state index is 10.7. The van der Waals surface area contributed by atoms with Crippen LogP contribution in [0, 0.1) is 5.92 Å². The highest BCUT2D eigenvalue weighted by atomic mass is 32.1. The van der Waals surface area contributed by atoms with Gasteiger partial charge < -0.3 is 20.1 Å². The maximum Gasteiger partial charge on any atom is 0.404 e. The van der Waals surface area contributed by atoms with E-state index < -0.39 is 12.2 Å². The number of amides is 1. The number of nitrogens with one attached hydrogen (secondary N) is 1. The first-order valence-electron chi connectivity index (χ1n) is 8.93. The lowest BCUT2D eigenvalue weighted by atomic mass is 9.85. The molecule has 3 N–H and O–H groups in total.